The van der Waals surface area contributed by atoms with Gasteiger partial charge in [0.05, 0.1) is 28.0 Å². The molecule has 0 bridgehead atoms. The predicted molar refractivity (Wildman–Crippen MR) is 84.3 cm³/mol. The average molecular weight is 388 g/mol. The SMILES string of the molecule is O=C(O)c1cn2cc(SCCS(=O)(=O)O)[c]c2c(C(=O)O)c1C(=O)O. The molecule has 4 N–H and O–H groups in total. The average Bonchev–Trinajstić information content (AvgIpc) is 2.85. The number of aromatic nitrogens is 1. The zero-order valence-corrected chi connectivity index (χ0v) is 13.8. The van der Waals surface area contributed by atoms with E-state index in [0.29, 0.717) is 0 Å². The molecule has 10 nitrogen and oxygen atoms in total. The van der Waals surface area contributed by atoms with Crippen LogP contribution in [0.15, 0.2) is 17.3 Å². The number of carbonyl (C=O) groups is 3. The highest BCUT2D eigenvalue weighted by molar-refractivity contribution is 8.00. The van der Waals surface area contributed by atoms with Gasteiger partial charge < -0.3 is 19.7 Å². The molecule has 2 heterocycles. The van der Waals surface area contributed by atoms with Crippen molar-refractivity contribution in [1.82, 2.24) is 4.40 Å². The number of rotatable bonds is 7. The quantitative estimate of drug-likeness (QED) is 0.393. The third-order valence-electron chi connectivity index (χ3n) is 3.04. The predicted octanol–water partition coefficient (Wildman–Crippen LogP) is 0.814. The van der Waals surface area contributed by atoms with E-state index in [4.69, 9.17) is 9.66 Å². The third-order valence-corrected chi connectivity index (χ3v) is 4.94. The third kappa shape index (κ3) is 4.10. The summed E-state index contributed by atoms with van der Waals surface area (Å²) in [6.45, 7) is 0. The van der Waals surface area contributed by atoms with Crippen molar-refractivity contribution in [2.24, 2.45) is 0 Å². The summed E-state index contributed by atoms with van der Waals surface area (Å²) in [6, 6.07) is 2.61. The first-order chi connectivity index (χ1) is 11.5. The molecule has 0 aliphatic heterocycles. The molecule has 0 atom stereocenters. The van der Waals surface area contributed by atoms with Crippen molar-refractivity contribution in [3.8, 4) is 0 Å². The fraction of sp³-hybridized carbons (Fsp3) is 0.154. The molecule has 0 aliphatic carbocycles. The topological polar surface area (TPSA) is 171 Å². The molecule has 2 aromatic heterocycles. The molecule has 2 aromatic rings. The monoisotopic (exact) mass is 388 g/mol. The maximum atomic E-state index is 11.5. The minimum atomic E-state index is -4.17. The van der Waals surface area contributed by atoms with Crippen molar-refractivity contribution in [1.29, 1.82) is 0 Å². The van der Waals surface area contributed by atoms with Crippen LogP contribution in [0.3, 0.4) is 0 Å². The summed E-state index contributed by atoms with van der Waals surface area (Å²) in [6.07, 6.45) is 2.23. The van der Waals surface area contributed by atoms with E-state index in [9.17, 15) is 33.0 Å². The molecule has 0 fully saturated rings. The Kier molecular flexibility index (Phi) is 5.06. The first kappa shape index (κ1) is 18.8. The van der Waals surface area contributed by atoms with Gasteiger partial charge in [0.25, 0.3) is 10.1 Å². The Hall–Kier alpha value is -2.57. The number of nitrogens with zero attached hydrogens (tertiary/aromatic N) is 1. The lowest BCUT2D eigenvalue weighted by Gasteiger charge is -2.08. The van der Waals surface area contributed by atoms with Crippen molar-refractivity contribution in [3.63, 3.8) is 0 Å². The van der Waals surface area contributed by atoms with E-state index < -0.39 is 50.5 Å². The Morgan fingerprint density at radius 3 is 2.12 bits per heavy atom. The second kappa shape index (κ2) is 6.74. The lowest BCUT2D eigenvalue weighted by Crippen LogP contribution is -2.16. The van der Waals surface area contributed by atoms with Gasteiger partial charge in [-0.2, -0.15) is 8.42 Å². The van der Waals surface area contributed by atoms with Gasteiger partial charge in [-0.3, -0.25) is 4.55 Å². The van der Waals surface area contributed by atoms with Crippen molar-refractivity contribution in [2.75, 3.05) is 11.5 Å². The summed E-state index contributed by atoms with van der Waals surface area (Å²) in [5.74, 6) is -5.59. The highest BCUT2D eigenvalue weighted by Gasteiger charge is 2.28. The molecule has 0 unspecified atom stereocenters. The van der Waals surface area contributed by atoms with Crippen molar-refractivity contribution < 1.29 is 42.7 Å². The van der Waals surface area contributed by atoms with Gasteiger partial charge in [-0.1, -0.05) is 0 Å². The smallest absolute Gasteiger partial charge is 0.338 e. The number of fused-ring (bicyclic) bond motifs is 1. The zero-order valence-electron chi connectivity index (χ0n) is 12.2. The summed E-state index contributed by atoms with van der Waals surface area (Å²) in [5, 5.41) is 27.6. The van der Waals surface area contributed by atoms with Gasteiger partial charge in [0, 0.05) is 29.1 Å². The standard InChI is InChI=1S/C13H10NO9S2/c15-11(16)7-5-14-4-6(24-1-2-25(21,22)23)3-8(14)10(13(19)20)9(7)12(17)18/h4-5H,1-2H2,(H,15,16)(H,17,18)(H,19,20)(H,21,22,23). The van der Waals surface area contributed by atoms with Gasteiger partial charge in [-0.15, -0.1) is 11.8 Å². The summed E-state index contributed by atoms with van der Waals surface area (Å²) in [4.78, 5) is 34.3. The Balaban J connectivity index is 2.60. The van der Waals surface area contributed by atoms with Crippen LogP contribution in [0.25, 0.3) is 5.52 Å². The number of carboxylic acids is 3. The maximum Gasteiger partial charge on any atom is 0.338 e. The van der Waals surface area contributed by atoms with Crippen LogP contribution in [-0.4, -0.2) is 62.1 Å². The lowest BCUT2D eigenvalue weighted by molar-refractivity contribution is 0.0633. The molecule has 0 aromatic carbocycles. The van der Waals surface area contributed by atoms with Crippen LogP contribution < -0.4 is 0 Å². The van der Waals surface area contributed by atoms with Crippen LogP contribution in [0.5, 0.6) is 0 Å². The summed E-state index contributed by atoms with van der Waals surface area (Å²) in [7, 11) is -4.17. The maximum absolute atomic E-state index is 11.5. The minimum Gasteiger partial charge on any atom is -0.478 e. The van der Waals surface area contributed by atoms with Crippen LogP contribution in [0, 0.1) is 6.07 Å². The second-order valence-electron chi connectivity index (χ2n) is 4.72. The van der Waals surface area contributed by atoms with Gasteiger partial charge in [-0.05, 0) is 0 Å². The summed E-state index contributed by atoms with van der Waals surface area (Å²) in [5.41, 5.74) is -2.51. The number of hydrogen-bond acceptors (Lipinski definition) is 6. The lowest BCUT2D eigenvalue weighted by atomic mass is 10.0. The van der Waals surface area contributed by atoms with Crippen LogP contribution in [0.2, 0.25) is 0 Å². The van der Waals surface area contributed by atoms with E-state index in [-0.39, 0.29) is 16.2 Å². The van der Waals surface area contributed by atoms with Crippen LogP contribution in [0.1, 0.15) is 31.1 Å². The minimum absolute atomic E-state index is 0.0633. The molecule has 25 heavy (non-hydrogen) atoms. The van der Waals surface area contributed by atoms with Gasteiger partial charge in [0.15, 0.2) is 0 Å². The molecule has 12 heteroatoms. The fourth-order valence-corrected chi connectivity index (χ4v) is 3.83. The molecule has 0 spiro atoms. The molecule has 133 valence electrons. The normalized spacial score (nSPS) is 11.6. The number of thioether (sulfide) groups is 1. The van der Waals surface area contributed by atoms with Gasteiger partial charge in [-0.25, -0.2) is 14.4 Å². The van der Waals surface area contributed by atoms with E-state index in [1.165, 1.54) is 6.20 Å². The fourth-order valence-electron chi connectivity index (χ4n) is 2.08. The molecule has 2 rings (SSSR count). The number of carboxylic acid groups (broad SMARTS) is 3. The molecular weight excluding hydrogens is 378 g/mol. The van der Waals surface area contributed by atoms with Gasteiger partial charge >= 0.3 is 17.9 Å². The van der Waals surface area contributed by atoms with Crippen molar-refractivity contribution in [2.45, 2.75) is 4.90 Å². The Morgan fingerprint density at radius 1 is 1.04 bits per heavy atom. The van der Waals surface area contributed by atoms with Gasteiger partial charge in [0.2, 0.25) is 0 Å². The van der Waals surface area contributed by atoms with Crippen molar-refractivity contribution >= 4 is 45.3 Å². The van der Waals surface area contributed by atoms with E-state index in [1.54, 1.807) is 0 Å². The molecule has 0 amide bonds. The number of pyridine rings is 1. The zero-order chi connectivity index (χ0) is 18.9. The Labute approximate surface area is 144 Å². The van der Waals surface area contributed by atoms with E-state index in [2.05, 4.69) is 6.07 Å². The van der Waals surface area contributed by atoms with Crippen LogP contribution >= 0.6 is 11.8 Å². The molecule has 0 saturated heterocycles. The van der Waals surface area contributed by atoms with Crippen LogP contribution in [-0.2, 0) is 10.1 Å². The molecular formula is C13H10NO9S2. The Morgan fingerprint density at radius 2 is 1.64 bits per heavy atom. The highest BCUT2D eigenvalue weighted by atomic mass is 32.2. The Bertz CT molecular complexity index is 991. The van der Waals surface area contributed by atoms with Gasteiger partial charge in [0.1, 0.15) is 0 Å². The molecule has 1 radical (unpaired) electrons. The first-order valence-electron chi connectivity index (χ1n) is 6.40. The largest absolute Gasteiger partial charge is 0.478 e. The second-order valence-corrected chi connectivity index (χ2v) is 7.43. The number of aromatic carboxylic acids is 3. The summed E-state index contributed by atoms with van der Waals surface area (Å²) >= 11 is 0.919. The van der Waals surface area contributed by atoms with E-state index in [1.807, 2.05) is 0 Å². The summed E-state index contributed by atoms with van der Waals surface area (Å²) < 4.78 is 31.2. The highest BCUT2D eigenvalue weighted by Crippen LogP contribution is 2.27. The van der Waals surface area contributed by atoms with E-state index in [0.717, 1.165) is 22.4 Å². The molecule has 0 aliphatic rings. The van der Waals surface area contributed by atoms with E-state index >= 15 is 0 Å². The van der Waals surface area contributed by atoms with Crippen LogP contribution in [0.4, 0.5) is 0 Å². The van der Waals surface area contributed by atoms with Crippen molar-refractivity contribution in [3.05, 3.63) is 35.2 Å². The number of hydrogen-bond donors (Lipinski definition) is 4. The first-order valence-corrected chi connectivity index (χ1v) is 8.99. The molecule has 0 saturated carbocycles.